The van der Waals surface area contributed by atoms with Gasteiger partial charge >= 0.3 is 5.97 Å². The highest BCUT2D eigenvalue weighted by Gasteiger charge is 2.22. The minimum absolute atomic E-state index is 0.0209. The molecule has 0 spiro atoms. The average molecular weight is 445 g/mol. The highest BCUT2D eigenvalue weighted by atomic mass is 35.5. The number of nitrogens with one attached hydrogen (secondary N) is 1. The maximum atomic E-state index is 12.9. The van der Waals surface area contributed by atoms with Gasteiger partial charge in [-0.3, -0.25) is 9.69 Å². The van der Waals surface area contributed by atoms with E-state index in [1.807, 2.05) is 12.1 Å². The topological polar surface area (TPSA) is 89.6 Å². The Morgan fingerprint density at radius 1 is 1.26 bits per heavy atom. The lowest BCUT2D eigenvalue weighted by Crippen LogP contribution is -2.33. The predicted molar refractivity (Wildman–Crippen MR) is 119 cm³/mol. The molecule has 1 atom stereocenters. The minimum atomic E-state index is -0.567. The van der Waals surface area contributed by atoms with E-state index < -0.39 is 11.5 Å². The molecule has 0 aliphatic heterocycles. The van der Waals surface area contributed by atoms with Crippen molar-refractivity contribution in [3.05, 3.63) is 75.6 Å². The Hall–Kier alpha value is -3.10. The lowest BCUT2D eigenvalue weighted by Gasteiger charge is -2.28. The molecule has 0 saturated heterocycles. The van der Waals surface area contributed by atoms with Gasteiger partial charge in [-0.25, -0.2) is 4.79 Å². The third kappa shape index (κ3) is 4.81. The van der Waals surface area contributed by atoms with E-state index >= 15 is 0 Å². The Kier molecular flexibility index (Phi) is 7.49. The van der Waals surface area contributed by atoms with Crippen molar-refractivity contribution < 1.29 is 13.9 Å². The van der Waals surface area contributed by atoms with E-state index in [2.05, 4.69) is 29.2 Å². The van der Waals surface area contributed by atoms with Gasteiger partial charge in [0, 0.05) is 6.54 Å². The normalized spacial score (nSPS) is 12.0. The quantitative estimate of drug-likeness (QED) is 0.502. The van der Waals surface area contributed by atoms with Crippen LogP contribution in [0.1, 0.15) is 36.0 Å². The van der Waals surface area contributed by atoms with E-state index in [1.165, 1.54) is 13.3 Å². The molecule has 1 N–H and O–H groups in total. The Morgan fingerprint density at radius 2 is 2.00 bits per heavy atom. The summed E-state index contributed by atoms with van der Waals surface area (Å²) in [5, 5.41) is 7.42. The van der Waals surface area contributed by atoms with Crippen LogP contribution in [0.3, 0.4) is 0 Å². The van der Waals surface area contributed by atoms with E-state index in [9.17, 15) is 9.59 Å². The number of hydrogen-bond donors (Lipinski definition) is 1. The maximum absolute atomic E-state index is 12.9. The van der Waals surface area contributed by atoms with Gasteiger partial charge in [-0.1, -0.05) is 37.6 Å². The maximum Gasteiger partial charge on any atom is 0.340 e. The zero-order valence-electron chi connectivity index (χ0n) is 17.7. The second kappa shape index (κ2) is 10.3. The molecule has 31 heavy (non-hydrogen) atoms. The van der Waals surface area contributed by atoms with Crippen LogP contribution < -0.4 is 10.9 Å². The fourth-order valence-corrected chi connectivity index (χ4v) is 3.63. The number of furan rings is 1. The third-order valence-electron chi connectivity index (χ3n) is 5.07. The van der Waals surface area contributed by atoms with Gasteiger partial charge < -0.3 is 14.5 Å². The number of carbonyl (C=O) groups is 1. The van der Waals surface area contributed by atoms with Gasteiger partial charge in [-0.2, -0.15) is 9.78 Å². The van der Waals surface area contributed by atoms with Crippen molar-refractivity contribution in [3.63, 3.8) is 0 Å². The van der Waals surface area contributed by atoms with Crippen molar-refractivity contribution in [1.29, 1.82) is 0 Å². The Morgan fingerprint density at radius 3 is 2.65 bits per heavy atom. The molecule has 1 aromatic carbocycles. The number of halogens is 1. The van der Waals surface area contributed by atoms with Crippen molar-refractivity contribution in [2.24, 2.45) is 0 Å². The molecule has 0 amide bonds. The van der Waals surface area contributed by atoms with E-state index in [-0.39, 0.29) is 16.6 Å². The smallest absolute Gasteiger partial charge is 0.340 e. The molecule has 3 rings (SSSR count). The van der Waals surface area contributed by atoms with Crippen LogP contribution >= 0.6 is 11.6 Å². The molecule has 0 aliphatic rings. The Labute approximate surface area is 185 Å². The number of ether oxygens (including phenoxy) is 1. The Bertz CT molecular complexity index is 1080. The summed E-state index contributed by atoms with van der Waals surface area (Å²) in [7, 11) is 1.28. The SMILES string of the molecule is CCN(CC)C(CNc1cnn(-c2ccccc2C(=O)OC)c(=O)c1Cl)c1ccco1. The van der Waals surface area contributed by atoms with E-state index in [4.69, 9.17) is 20.8 Å². The number of carbonyl (C=O) groups excluding carboxylic acids is 1. The third-order valence-corrected chi connectivity index (χ3v) is 5.43. The van der Waals surface area contributed by atoms with E-state index in [0.717, 1.165) is 23.5 Å². The predicted octanol–water partition coefficient (Wildman–Crippen LogP) is 3.76. The molecule has 9 heteroatoms. The highest BCUT2D eigenvalue weighted by molar-refractivity contribution is 6.33. The second-order valence-electron chi connectivity index (χ2n) is 6.73. The van der Waals surface area contributed by atoms with Crippen LogP contribution in [0.2, 0.25) is 5.02 Å². The van der Waals surface area contributed by atoms with Crippen molar-refractivity contribution in [2.45, 2.75) is 19.9 Å². The lowest BCUT2D eigenvalue weighted by atomic mass is 10.1. The van der Waals surface area contributed by atoms with Crippen LogP contribution in [0, 0.1) is 0 Å². The molecule has 0 aliphatic carbocycles. The first-order valence-electron chi connectivity index (χ1n) is 9.98. The van der Waals surface area contributed by atoms with Gasteiger partial charge in [0.25, 0.3) is 5.56 Å². The van der Waals surface area contributed by atoms with Gasteiger partial charge in [0.15, 0.2) is 0 Å². The highest BCUT2D eigenvalue weighted by Crippen LogP contribution is 2.24. The van der Waals surface area contributed by atoms with Crippen LogP contribution in [0.15, 0.2) is 58.1 Å². The number of para-hydroxylation sites is 1. The number of benzene rings is 1. The fourth-order valence-electron chi connectivity index (χ4n) is 3.43. The number of rotatable bonds is 9. The zero-order valence-corrected chi connectivity index (χ0v) is 18.4. The summed E-state index contributed by atoms with van der Waals surface area (Å²) in [5.41, 5.74) is 0.378. The summed E-state index contributed by atoms with van der Waals surface area (Å²) in [6, 6.07) is 10.3. The molecule has 2 aromatic heterocycles. The average Bonchev–Trinajstić information content (AvgIpc) is 3.33. The summed E-state index contributed by atoms with van der Waals surface area (Å²) in [4.78, 5) is 27.2. The van der Waals surface area contributed by atoms with Crippen LogP contribution in [-0.4, -0.2) is 47.4 Å². The standard InChI is InChI=1S/C22H25ClN4O4/c1-4-26(5-2)18(19-11-8-12-31-19)14-24-16-13-25-27(21(28)20(16)23)17-10-7-6-9-15(17)22(29)30-3/h6-13,18,24H,4-5,14H2,1-3H3. The number of esters is 1. The number of aromatic nitrogens is 2. The molecule has 2 heterocycles. The molecule has 8 nitrogen and oxygen atoms in total. The van der Waals surface area contributed by atoms with Gasteiger partial charge in [-0.05, 0) is 37.4 Å². The largest absolute Gasteiger partial charge is 0.468 e. The van der Waals surface area contributed by atoms with Gasteiger partial charge in [0.2, 0.25) is 0 Å². The monoisotopic (exact) mass is 444 g/mol. The molecule has 0 radical (unpaired) electrons. The molecule has 0 saturated carbocycles. The molecule has 1 unspecified atom stereocenters. The van der Waals surface area contributed by atoms with Crippen LogP contribution in [0.5, 0.6) is 0 Å². The second-order valence-corrected chi connectivity index (χ2v) is 7.11. The van der Waals surface area contributed by atoms with Gasteiger partial charge in [-0.15, -0.1) is 0 Å². The first kappa shape index (κ1) is 22.6. The van der Waals surface area contributed by atoms with E-state index in [0.29, 0.717) is 17.9 Å². The number of hydrogen-bond acceptors (Lipinski definition) is 7. The minimum Gasteiger partial charge on any atom is -0.468 e. The van der Waals surface area contributed by atoms with Crippen molar-refractivity contribution in [3.8, 4) is 5.69 Å². The molecule has 3 aromatic rings. The first-order chi connectivity index (χ1) is 15.0. The number of anilines is 1. The first-order valence-corrected chi connectivity index (χ1v) is 10.4. The van der Waals surface area contributed by atoms with E-state index in [1.54, 1.807) is 30.5 Å². The zero-order chi connectivity index (χ0) is 22.4. The lowest BCUT2D eigenvalue weighted by molar-refractivity contribution is 0.0600. The van der Waals surface area contributed by atoms with Crippen LogP contribution in [-0.2, 0) is 4.74 Å². The summed E-state index contributed by atoms with van der Waals surface area (Å²) < 4.78 is 11.5. The van der Waals surface area contributed by atoms with Crippen LogP contribution in [0.25, 0.3) is 5.69 Å². The molecular formula is C22H25ClN4O4. The van der Waals surface area contributed by atoms with Crippen molar-refractivity contribution in [1.82, 2.24) is 14.7 Å². The molecular weight excluding hydrogens is 420 g/mol. The van der Waals surface area contributed by atoms with Gasteiger partial charge in [0.1, 0.15) is 10.8 Å². The fraction of sp³-hybridized carbons (Fsp3) is 0.318. The number of likely N-dealkylation sites (N-methyl/N-ethyl adjacent to an activating group) is 1. The summed E-state index contributed by atoms with van der Waals surface area (Å²) >= 11 is 6.38. The van der Waals surface area contributed by atoms with Crippen LogP contribution in [0.4, 0.5) is 5.69 Å². The van der Waals surface area contributed by atoms with Gasteiger partial charge in [0.05, 0.1) is 42.5 Å². The summed E-state index contributed by atoms with van der Waals surface area (Å²) in [6.45, 7) is 6.30. The summed E-state index contributed by atoms with van der Waals surface area (Å²) in [5.74, 6) is 0.253. The molecule has 0 bridgehead atoms. The molecule has 0 fully saturated rings. The summed E-state index contributed by atoms with van der Waals surface area (Å²) in [6.07, 6.45) is 3.11. The Balaban J connectivity index is 1.90. The molecule has 164 valence electrons. The van der Waals surface area contributed by atoms with Crippen molar-refractivity contribution >= 4 is 23.3 Å². The van der Waals surface area contributed by atoms with Crippen molar-refractivity contribution in [2.75, 3.05) is 32.1 Å². The number of methoxy groups -OCH3 is 1. The number of nitrogens with zero attached hydrogens (tertiary/aromatic N) is 3.